The minimum atomic E-state index is -0.638. The van der Waals surface area contributed by atoms with Gasteiger partial charge in [0.05, 0.1) is 11.6 Å². The third-order valence-electron chi connectivity index (χ3n) is 2.93. The first-order valence-electron chi connectivity index (χ1n) is 6.08. The van der Waals surface area contributed by atoms with E-state index in [0.29, 0.717) is 5.02 Å². The summed E-state index contributed by atoms with van der Waals surface area (Å²) in [4.78, 5) is 12.0. The number of nitrogens with two attached hydrogens (primary N) is 1. The van der Waals surface area contributed by atoms with Gasteiger partial charge in [-0.2, -0.15) is 0 Å². The van der Waals surface area contributed by atoms with Gasteiger partial charge in [-0.25, -0.2) is 4.39 Å². The molecule has 0 aliphatic heterocycles. The highest BCUT2D eigenvalue weighted by Gasteiger charge is 2.15. The van der Waals surface area contributed by atoms with Crippen molar-refractivity contribution in [1.29, 1.82) is 0 Å². The maximum atomic E-state index is 13.7. The fraction of sp³-hybridized carbons (Fsp3) is 0.133. The number of nitrogens with one attached hydrogen (secondary N) is 1. The molecule has 5 heteroatoms. The topological polar surface area (TPSA) is 55.1 Å². The van der Waals surface area contributed by atoms with Crippen molar-refractivity contribution in [3.05, 3.63) is 64.4 Å². The quantitative estimate of drug-likeness (QED) is 0.850. The smallest absolute Gasteiger partial charge is 0.254 e. The van der Waals surface area contributed by atoms with Crippen molar-refractivity contribution in [3.63, 3.8) is 0 Å². The van der Waals surface area contributed by atoms with Crippen LogP contribution in [0.1, 0.15) is 28.9 Å². The van der Waals surface area contributed by atoms with Gasteiger partial charge in [0.1, 0.15) is 5.82 Å². The molecule has 1 atom stereocenters. The highest BCUT2D eigenvalue weighted by Crippen LogP contribution is 2.18. The minimum Gasteiger partial charge on any atom is -0.399 e. The molecule has 0 radical (unpaired) electrons. The summed E-state index contributed by atoms with van der Waals surface area (Å²) in [6.45, 7) is 1.80. The first-order valence-corrected chi connectivity index (χ1v) is 6.46. The molecular formula is C15H14ClFN2O. The SMILES string of the molecule is C[C@@H](NC(=O)c1ccc(N)cc1F)c1cccc(Cl)c1. The van der Waals surface area contributed by atoms with Gasteiger partial charge in [0.25, 0.3) is 5.91 Å². The number of rotatable bonds is 3. The number of hydrogen-bond donors (Lipinski definition) is 2. The van der Waals surface area contributed by atoms with Crippen LogP contribution >= 0.6 is 11.6 Å². The van der Waals surface area contributed by atoms with Gasteiger partial charge in [0, 0.05) is 10.7 Å². The Kier molecular flexibility index (Phi) is 4.25. The molecule has 3 nitrogen and oxygen atoms in total. The molecule has 3 N–H and O–H groups in total. The summed E-state index contributed by atoms with van der Waals surface area (Å²) in [7, 11) is 0. The van der Waals surface area contributed by atoms with Crippen LogP contribution in [-0.4, -0.2) is 5.91 Å². The maximum Gasteiger partial charge on any atom is 0.254 e. The van der Waals surface area contributed by atoms with E-state index in [2.05, 4.69) is 5.32 Å². The number of nitrogen functional groups attached to an aromatic ring is 1. The molecule has 0 aromatic heterocycles. The van der Waals surface area contributed by atoms with E-state index in [4.69, 9.17) is 17.3 Å². The van der Waals surface area contributed by atoms with Crippen LogP contribution in [0.3, 0.4) is 0 Å². The molecule has 0 fully saturated rings. The second-order valence-corrected chi connectivity index (χ2v) is 4.93. The van der Waals surface area contributed by atoms with E-state index in [1.807, 2.05) is 6.07 Å². The fourth-order valence-corrected chi connectivity index (χ4v) is 2.05. The lowest BCUT2D eigenvalue weighted by atomic mass is 10.1. The normalized spacial score (nSPS) is 11.9. The second kappa shape index (κ2) is 5.92. The Morgan fingerprint density at radius 3 is 2.70 bits per heavy atom. The molecule has 1 amide bonds. The average molecular weight is 293 g/mol. The number of amides is 1. The predicted octanol–water partition coefficient (Wildman–Crippen LogP) is 3.55. The van der Waals surface area contributed by atoms with E-state index in [0.717, 1.165) is 11.6 Å². The summed E-state index contributed by atoms with van der Waals surface area (Å²) in [5, 5.41) is 3.31. The minimum absolute atomic E-state index is 0.0342. The molecule has 0 unspecified atom stereocenters. The van der Waals surface area contributed by atoms with E-state index in [1.165, 1.54) is 12.1 Å². The van der Waals surface area contributed by atoms with Crippen LogP contribution in [-0.2, 0) is 0 Å². The Balaban J connectivity index is 2.15. The van der Waals surface area contributed by atoms with Gasteiger partial charge in [-0.3, -0.25) is 4.79 Å². The van der Waals surface area contributed by atoms with Crippen molar-refractivity contribution in [2.45, 2.75) is 13.0 Å². The number of carbonyl (C=O) groups is 1. The Bertz CT molecular complexity index is 646. The van der Waals surface area contributed by atoms with Crippen LogP contribution in [0.25, 0.3) is 0 Å². The lowest BCUT2D eigenvalue weighted by molar-refractivity contribution is 0.0936. The van der Waals surface area contributed by atoms with E-state index in [-0.39, 0.29) is 17.3 Å². The number of hydrogen-bond acceptors (Lipinski definition) is 2. The molecule has 2 aromatic rings. The van der Waals surface area contributed by atoms with Gasteiger partial charge in [0.15, 0.2) is 0 Å². The molecular weight excluding hydrogens is 279 g/mol. The summed E-state index contributed by atoms with van der Waals surface area (Å²) < 4.78 is 13.7. The molecule has 2 aromatic carbocycles. The van der Waals surface area contributed by atoms with Crippen LogP contribution < -0.4 is 11.1 Å². The van der Waals surface area contributed by atoms with Crippen LogP contribution in [0.5, 0.6) is 0 Å². The van der Waals surface area contributed by atoms with E-state index >= 15 is 0 Å². The summed E-state index contributed by atoms with van der Waals surface area (Å²) >= 11 is 5.90. The first-order chi connectivity index (χ1) is 9.47. The predicted molar refractivity (Wildman–Crippen MR) is 78.1 cm³/mol. The van der Waals surface area contributed by atoms with Crippen LogP contribution in [0, 0.1) is 5.82 Å². The van der Waals surface area contributed by atoms with Crippen molar-refractivity contribution in [2.24, 2.45) is 0 Å². The van der Waals surface area contributed by atoms with Gasteiger partial charge < -0.3 is 11.1 Å². The molecule has 0 saturated carbocycles. The zero-order valence-corrected chi connectivity index (χ0v) is 11.6. The number of benzene rings is 2. The Hall–Kier alpha value is -2.07. The number of carbonyl (C=O) groups excluding carboxylic acids is 1. The average Bonchev–Trinajstić information content (AvgIpc) is 2.38. The molecule has 0 bridgehead atoms. The number of anilines is 1. The summed E-state index contributed by atoms with van der Waals surface area (Å²) in [5.74, 6) is -1.13. The largest absolute Gasteiger partial charge is 0.399 e. The van der Waals surface area contributed by atoms with Crippen LogP contribution in [0.2, 0.25) is 5.02 Å². The molecule has 20 heavy (non-hydrogen) atoms. The van der Waals surface area contributed by atoms with E-state index < -0.39 is 11.7 Å². The molecule has 0 heterocycles. The molecule has 0 saturated heterocycles. The third kappa shape index (κ3) is 3.27. The Morgan fingerprint density at radius 1 is 1.30 bits per heavy atom. The van der Waals surface area contributed by atoms with E-state index in [9.17, 15) is 9.18 Å². The van der Waals surface area contributed by atoms with Crippen molar-refractivity contribution in [3.8, 4) is 0 Å². The highest BCUT2D eigenvalue weighted by molar-refractivity contribution is 6.30. The fourth-order valence-electron chi connectivity index (χ4n) is 1.85. The Labute approximate surface area is 121 Å². The maximum absolute atomic E-state index is 13.7. The Morgan fingerprint density at radius 2 is 2.05 bits per heavy atom. The van der Waals surface area contributed by atoms with Crippen molar-refractivity contribution >= 4 is 23.2 Å². The van der Waals surface area contributed by atoms with Crippen molar-refractivity contribution in [1.82, 2.24) is 5.32 Å². The van der Waals surface area contributed by atoms with Crippen molar-refractivity contribution in [2.75, 3.05) is 5.73 Å². The zero-order valence-electron chi connectivity index (χ0n) is 10.9. The standard InChI is InChI=1S/C15H14ClFN2O/c1-9(10-3-2-4-11(16)7-10)19-15(20)13-6-5-12(18)8-14(13)17/h2-9H,18H2,1H3,(H,19,20)/t9-/m1/s1. The lowest BCUT2D eigenvalue weighted by Gasteiger charge is -2.15. The summed E-state index contributed by atoms with van der Waals surface area (Å²) in [6, 6.07) is 10.8. The van der Waals surface area contributed by atoms with Crippen LogP contribution in [0.4, 0.5) is 10.1 Å². The van der Waals surface area contributed by atoms with Gasteiger partial charge in [0.2, 0.25) is 0 Å². The molecule has 0 aliphatic rings. The monoisotopic (exact) mass is 292 g/mol. The van der Waals surface area contributed by atoms with E-state index in [1.54, 1.807) is 25.1 Å². The second-order valence-electron chi connectivity index (χ2n) is 4.49. The highest BCUT2D eigenvalue weighted by atomic mass is 35.5. The number of halogens is 2. The van der Waals surface area contributed by atoms with Gasteiger partial charge >= 0.3 is 0 Å². The lowest BCUT2D eigenvalue weighted by Crippen LogP contribution is -2.27. The molecule has 104 valence electrons. The third-order valence-corrected chi connectivity index (χ3v) is 3.17. The van der Waals surface area contributed by atoms with Crippen molar-refractivity contribution < 1.29 is 9.18 Å². The van der Waals surface area contributed by atoms with Gasteiger partial charge in [-0.15, -0.1) is 0 Å². The summed E-state index contributed by atoms with van der Waals surface area (Å²) in [6.07, 6.45) is 0. The molecule has 2 rings (SSSR count). The molecule has 0 aliphatic carbocycles. The molecule has 0 spiro atoms. The van der Waals surface area contributed by atoms with Gasteiger partial charge in [-0.05, 0) is 42.8 Å². The van der Waals surface area contributed by atoms with Gasteiger partial charge in [-0.1, -0.05) is 23.7 Å². The first kappa shape index (κ1) is 14.3. The van der Waals surface area contributed by atoms with Crippen LogP contribution in [0.15, 0.2) is 42.5 Å². The summed E-state index contributed by atoms with van der Waals surface area (Å²) in [5.41, 5.74) is 6.54. The zero-order chi connectivity index (χ0) is 14.7.